The molecule has 34 heavy (non-hydrogen) atoms. The molecule has 5 rings (SSSR count). The van der Waals surface area contributed by atoms with Crippen LogP contribution in [0.25, 0.3) is 0 Å². The molecule has 0 unspecified atom stereocenters. The fraction of sp³-hybridized carbons (Fsp3) is 0.286. The highest BCUT2D eigenvalue weighted by atomic mass is 16.5. The molecule has 1 spiro atoms. The molecule has 0 aromatic heterocycles. The highest BCUT2D eigenvalue weighted by Crippen LogP contribution is 2.47. The first-order valence-electron chi connectivity index (χ1n) is 11.5. The molecular formula is C28H28N2O4. The van der Waals surface area contributed by atoms with Crippen LogP contribution in [-0.2, 0) is 0 Å². The Kier molecular flexibility index (Phi) is 5.52. The Balaban J connectivity index is 1.46. The minimum Gasteiger partial charge on any atom is -0.485 e. The number of urea groups is 1. The Morgan fingerprint density at radius 3 is 2.41 bits per heavy atom. The summed E-state index contributed by atoms with van der Waals surface area (Å²) in [6.07, 6.45) is 1.22. The van der Waals surface area contributed by atoms with E-state index < -0.39 is 11.3 Å². The average molecular weight is 457 g/mol. The van der Waals surface area contributed by atoms with E-state index in [1.165, 1.54) is 0 Å². The average Bonchev–Trinajstić information content (AvgIpc) is 2.81. The summed E-state index contributed by atoms with van der Waals surface area (Å²) in [6.45, 7) is 3.93. The first-order chi connectivity index (χ1) is 16.3. The molecule has 2 N–H and O–H groups in total. The lowest BCUT2D eigenvalue weighted by Gasteiger charge is -2.49. The number of ketones is 1. The van der Waals surface area contributed by atoms with Gasteiger partial charge in [0.25, 0.3) is 0 Å². The molecule has 2 heterocycles. The van der Waals surface area contributed by atoms with Crippen molar-refractivity contribution in [2.45, 2.75) is 43.9 Å². The monoisotopic (exact) mass is 456 g/mol. The molecule has 0 bridgehead atoms. The molecule has 174 valence electrons. The van der Waals surface area contributed by atoms with Crippen molar-refractivity contribution in [1.29, 1.82) is 0 Å². The van der Waals surface area contributed by atoms with Gasteiger partial charge in [0.15, 0.2) is 18.1 Å². The number of ether oxygens (including phenoxy) is 2. The molecule has 0 radical (unpaired) electrons. The maximum absolute atomic E-state index is 12.5. The maximum atomic E-state index is 12.5. The van der Waals surface area contributed by atoms with Gasteiger partial charge < -0.3 is 20.1 Å². The van der Waals surface area contributed by atoms with Gasteiger partial charge in [0.05, 0.1) is 0 Å². The molecule has 2 amide bonds. The number of Topliss-reactive ketones (excluding diaryl/α,β-unsaturated/α-hetero) is 1. The van der Waals surface area contributed by atoms with Crippen molar-refractivity contribution in [3.05, 3.63) is 95.6 Å². The van der Waals surface area contributed by atoms with Gasteiger partial charge in [0.1, 0.15) is 11.5 Å². The summed E-state index contributed by atoms with van der Waals surface area (Å²) in [4.78, 5) is 25.0. The largest absolute Gasteiger partial charge is 0.485 e. The first kappa shape index (κ1) is 22.0. The zero-order valence-electron chi connectivity index (χ0n) is 19.3. The third-order valence-corrected chi connectivity index (χ3v) is 6.39. The van der Waals surface area contributed by atoms with E-state index in [1.54, 1.807) is 12.1 Å². The van der Waals surface area contributed by atoms with Gasteiger partial charge in [-0.3, -0.25) is 4.79 Å². The van der Waals surface area contributed by atoms with Gasteiger partial charge in [-0.1, -0.05) is 66.7 Å². The number of carbonyl (C=O) groups excluding carboxylic acids is 2. The summed E-state index contributed by atoms with van der Waals surface area (Å²) in [7, 11) is 0. The van der Waals surface area contributed by atoms with E-state index in [1.807, 2.05) is 68.4 Å². The van der Waals surface area contributed by atoms with Crippen molar-refractivity contribution in [2.75, 3.05) is 6.61 Å². The van der Waals surface area contributed by atoms with Crippen LogP contribution in [0.5, 0.6) is 11.5 Å². The Labute approximate surface area is 199 Å². The quantitative estimate of drug-likeness (QED) is 0.528. The van der Waals surface area contributed by atoms with E-state index in [9.17, 15) is 9.59 Å². The molecule has 1 fully saturated rings. The number of hydrogen-bond donors (Lipinski definition) is 2. The molecule has 2 atom stereocenters. The standard InChI is InChI=1S/C28H28N2O4/c1-27(2)18-28(30-26(32)29-27)16-23(19-9-5-3-6-10-19)22-14-13-21(15-25(22)34-28)33-17-24(31)20-11-7-4-8-12-20/h3-15,23H,16-18H2,1-2H3,(H2,29,30,32)/t23-,28+/m0/s1. The number of benzene rings is 3. The van der Waals surface area contributed by atoms with Gasteiger partial charge in [-0.15, -0.1) is 0 Å². The lowest BCUT2D eigenvalue weighted by atomic mass is 9.77. The summed E-state index contributed by atoms with van der Waals surface area (Å²) >= 11 is 0. The van der Waals surface area contributed by atoms with Gasteiger partial charge in [-0.2, -0.15) is 0 Å². The van der Waals surface area contributed by atoms with Crippen LogP contribution in [0.3, 0.4) is 0 Å². The molecule has 6 nitrogen and oxygen atoms in total. The van der Waals surface area contributed by atoms with Crippen LogP contribution < -0.4 is 20.1 Å². The summed E-state index contributed by atoms with van der Waals surface area (Å²) in [5.74, 6) is 1.15. The van der Waals surface area contributed by atoms with Gasteiger partial charge in [0, 0.05) is 41.5 Å². The number of hydrogen-bond acceptors (Lipinski definition) is 4. The normalized spacial score (nSPS) is 22.6. The fourth-order valence-corrected chi connectivity index (χ4v) is 5.04. The lowest BCUT2D eigenvalue weighted by Crippen LogP contribution is -2.69. The zero-order chi connectivity index (χ0) is 23.8. The summed E-state index contributed by atoms with van der Waals surface area (Å²) in [6, 6.07) is 24.8. The van der Waals surface area contributed by atoms with E-state index in [-0.39, 0.29) is 24.3 Å². The third-order valence-electron chi connectivity index (χ3n) is 6.39. The minimum absolute atomic E-state index is 0.0409. The lowest BCUT2D eigenvalue weighted by molar-refractivity contribution is -0.0236. The Morgan fingerprint density at radius 1 is 1.00 bits per heavy atom. The number of amides is 2. The van der Waals surface area contributed by atoms with Crippen molar-refractivity contribution >= 4 is 11.8 Å². The van der Waals surface area contributed by atoms with E-state index >= 15 is 0 Å². The fourth-order valence-electron chi connectivity index (χ4n) is 5.04. The van der Waals surface area contributed by atoms with Crippen molar-refractivity contribution in [2.24, 2.45) is 0 Å². The van der Waals surface area contributed by atoms with Crippen LogP contribution in [0, 0.1) is 0 Å². The molecule has 0 saturated carbocycles. The first-order valence-corrected chi connectivity index (χ1v) is 11.5. The van der Waals surface area contributed by atoms with Crippen LogP contribution in [0.15, 0.2) is 78.9 Å². The second-order valence-electron chi connectivity index (χ2n) is 9.68. The van der Waals surface area contributed by atoms with Gasteiger partial charge in [0.2, 0.25) is 0 Å². The predicted octanol–water partition coefficient (Wildman–Crippen LogP) is 5.04. The molecular weight excluding hydrogens is 428 g/mol. The molecule has 1 saturated heterocycles. The van der Waals surface area contributed by atoms with Crippen molar-refractivity contribution in [3.8, 4) is 11.5 Å². The Morgan fingerprint density at radius 2 is 1.71 bits per heavy atom. The molecule has 6 heteroatoms. The topological polar surface area (TPSA) is 76.7 Å². The van der Waals surface area contributed by atoms with Gasteiger partial charge in [-0.25, -0.2) is 4.79 Å². The molecule has 3 aromatic rings. The molecule has 0 aliphatic carbocycles. The van der Waals surface area contributed by atoms with E-state index in [0.29, 0.717) is 29.9 Å². The number of fused-ring (bicyclic) bond motifs is 1. The van der Waals surface area contributed by atoms with Crippen LogP contribution >= 0.6 is 0 Å². The summed E-state index contributed by atoms with van der Waals surface area (Å²) in [5, 5.41) is 6.03. The molecule has 2 aliphatic rings. The molecule has 3 aromatic carbocycles. The van der Waals surface area contributed by atoms with E-state index in [4.69, 9.17) is 9.47 Å². The second-order valence-corrected chi connectivity index (χ2v) is 9.68. The van der Waals surface area contributed by atoms with Crippen molar-refractivity contribution in [3.63, 3.8) is 0 Å². The van der Waals surface area contributed by atoms with Gasteiger partial charge in [-0.05, 0) is 25.5 Å². The van der Waals surface area contributed by atoms with Crippen LogP contribution in [-0.4, -0.2) is 29.7 Å². The SMILES string of the molecule is CC1(C)C[C@]2(C[C@@H](c3ccccc3)c3ccc(OCC(=O)c4ccccc4)cc3O2)NC(=O)N1. The minimum atomic E-state index is -0.849. The predicted molar refractivity (Wildman–Crippen MR) is 129 cm³/mol. The number of nitrogens with one attached hydrogen (secondary N) is 2. The van der Waals surface area contributed by atoms with Crippen LogP contribution in [0.2, 0.25) is 0 Å². The summed E-state index contributed by atoms with van der Waals surface area (Å²) < 4.78 is 12.4. The Hall–Kier alpha value is -3.80. The summed E-state index contributed by atoms with van der Waals surface area (Å²) in [5.41, 5.74) is 1.53. The van der Waals surface area contributed by atoms with Crippen LogP contribution in [0.4, 0.5) is 4.79 Å². The number of carbonyl (C=O) groups is 2. The maximum Gasteiger partial charge on any atom is 0.318 e. The van der Waals surface area contributed by atoms with Gasteiger partial charge >= 0.3 is 6.03 Å². The smallest absolute Gasteiger partial charge is 0.318 e. The molecule has 2 aliphatic heterocycles. The Bertz CT molecular complexity index is 1210. The van der Waals surface area contributed by atoms with E-state index in [2.05, 4.69) is 22.8 Å². The van der Waals surface area contributed by atoms with Crippen molar-refractivity contribution in [1.82, 2.24) is 10.6 Å². The number of rotatable bonds is 5. The van der Waals surface area contributed by atoms with E-state index in [0.717, 1.165) is 11.1 Å². The highest BCUT2D eigenvalue weighted by Gasteiger charge is 2.49. The van der Waals surface area contributed by atoms with Crippen LogP contribution in [0.1, 0.15) is 54.1 Å². The third kappa shape index (κ3) is 4.49. The second kappa shape index (κ2) is 8.52. The van der Waals surface area contributed by atoms with Crippen molar-refractivity contribution < 1.29 is 19.1 Å². The highest BCUT2D eigenvalue weighted by molar-refractivity contribution is 5.97. The zero-order valence-corrected chi connectivity index (χ0v) is 19.3.